The summed E-state index contributed by atoms with van der Waals surface area (Å²) in [6.07, 6.45) is 10.0. The largest absolute Gasteiger partial charge is 0.535 e. The van der Waals surface area contributed by atoms with Gasteiger partial charge in [0.05, 0.1) is 47.1 Å². The molecule has 0 spiro atoms. The standard InChI is InChI=1S/C27H35N9O5S2.C23H29N9O3.C10H11N3O3S2.CH3F/c1-39-22-20(40-13-3-7-34-9-11-35(12-10-34)27(38)41-14-15-43-42-2)5-4-19-21(22)32-26(36-8-6-29-23(19)36)33-24(37)18-16-30-25(28)31-17-18;1-34-19-17(35-12-2-8-31-9-5-25-6-10-31)4-3-16-18(19)29-23(32-11-7-26-20(16)32)30-21(33)15-13-27-22(24)28-14-15;1-17-18-7-6-15-10(14)16-13-9-5-3-2-4-8(9)11-12-13;1-2/h4-5,16-17,29H,3,6-15H2,1-2H3,(H2,28,30,31);3-4,13-14,25-26H,2,5-12H2,1H3,(H2,24,27,28);2-5H,6-7H2,1H3;1H3/i;;;1D. The Bertz CT molecular complexity index is 4150. The van der Waals surface area contributed by atoms with Crippen molar-refractivity contribution in [2.75, 3.05) is 172 Å². The highest BCUT2D eigenvalue weighted by Crippen LogP contribution is 2.39. The number of carbonyl (C=O) groups is 4. The van der Waals surface area contributed by atoms with Gasteiger partial charge in [-0.25, -0.2) is 39.5 Å². The van der Waals surface area contributed by atoms with Crippen LogP contribution in [0.25, 0.3) is 32.8 Å². The zero-order chi connectivity index (χ0) is 69.9. The Morgan fingerprint density at radius 1 is 0.633 bits per heavy atom. The summed E-state index contributed by atoms with van der Waals surface area (Å²) in [5.41, 5.74) is 14.4. The van der Waals surface area contributed by atoms with E-state index in [1.54, 1.807) is 74.4 Å². The van der Waals surface area contributed by atoms with Gasteiger partial charge in [0.1, 0.15) is 46.9 Å². The molecule has 12 rings (SSSR count). The number of nitrogen functional groups attached to an aromatic ring is 2. The fraction of sp³-hybridized carbons (Fsp3) is 0.443. The molecule has 32 nitrogen and oxygen atoms in total. The lowest BCUT2D eigenvalue weighted by atomic mass is 10.2. The summed E-state index contributed by atoms with van der Waals surface area (Å²) >= 11 is 0. The van der Waals surface area contributed by atoms with Crippen LogP contribution in [0.3, 0.4) is 0 Å². The number of carbonyl (C=O) groups excluding carboxylic acids is 4. The first kappa shape index (κ1) is 71.8. The van der Waals surface area contributed by atoms with E-state index < -0.39 is 25.1 Å². The van der Waals surface area contributed by atoms with Gasteiger partial charge in [0.2, 0.25) is 23.1 Å². The average molecular weight is 1430 g/mol. The molecule has 98 heavy (non-hydrogen) atoms. The zero-order valence-corrected chi connectivity index (χ0v) is 57.8. The quantitative estimate of drug-likeness (QED) is 0.0244. The van der Waals surface area contributed by atoms with Crippen LogP contribution in [-0.2, 0) is 22.6 Å². The van der Waals surface area contributed by atoms with E-state index in [2.05, 4.69) is 66.0 Å². The Hall–Kier alpha value is -9.01. The number of ether oxygens (including phenoxy) is 6. The molecule has 0 aliphatic carbocycles. The minimum Gasteiger partial charge on any atom is -0.491 e. The third-order valence-corrected chi connectivity index (χ3v) is 18.7. The number of hydrogen-bond acceptors (Lipinski definition) is 30. The number of nitrogens with two attached hydrogens (primary N) is 2. The second-order valence-corrected chi connectivity index (χ2v) is 26.6. The van der Waals surface area contributed by atoms with Crippen molar-refractivity contribution in [2.45, 2.75) is 25.9 Å². The van der Waals surface area contributed by atoms with Crippen molar-refractivity contribution in [3.63, 3.8) is 0 Å². The molecule has 524 valence electrons. The van der Waals surface area contributed by atoms with Gasteiger partial charge in [0.15, 0.2) is 23.0 Å². The summed E-state index contributed by atoms with van der Waals surface area (Å²) in [5, 5.41) is 19.4. The fourth-order valence-corrected chi connectivity index (χ4v) is 12.6. The molecule has 0 radical (unpaired) electrons. The van der Waals surface area contributed by atoms with Crippen LogP contribution in [0.1, 0.15) is 34.9 Å². The molecule has 0 bridgehead atoms. The van der Waals surface area contributed by atoms with Gasteiger partial charge >= 0.3 is 12.2 Å². The highest BCUT2D eigenvalue weighted by molar-refractivity contribution is 8.76. The second kappa shape index (κ2) is 37.6. The number of piperazine rings is 2. The number of anilines is 4. The van der Waals surface area contributed by atoms with E-state index in [1.165, 1.54) is 24.8 Å². The monoisotopic (exact) mass is 1430 g/mol. The first-order valence-electron chi connectivity index (χ1n) is 31.7. The number of aromatic nitrogens is 11. The van der Waals surface area contributed by atoms with E-state index in [0.717, 1.165) is 98.2 Å². The molecule has 4 aliphatic rings. The lowest BCUT2D eigenvalue weighted by Crippen LogP contribution is -2.49. The Morgan fingerprint density at radius 3 is 1.62 bits per heavy atom. The maximum absolute atomic E-state index is 12.9. The Labute approximate surface area is 580 Å². The maximum Gasteiger partial charge on any atom is 0.535 e. The molecule has 9 heterocycles. The normalized spacial score (nSPS) is 14.6. The molecule has 0 saturated carbocycles. The van der Waals surface area contributed by atoms with Gasteiger partial charge in [-0.1, -0.05) is 60.2 Å². The number of amides is 3. The molecular weight excluding hydrogens is 1350 g/mol. The van der Waals surface area contributed by atoms with E-state index in [9.17, 15) is 23.6 Å². The molecule has 3 aromatic carbocycles. The molecule has 2 fully saturated rings. The number of fused-ring (bicyclic) bond motifs is 7. The van der Waals surface area contributed by atoms with Crippen LogP contribution < -0.4 is 62.4 Å². The van der Waals surface area contributed by atoms with Crippen molar-refractivity contribution in [3.8, 4) is 23.0 Å². The highest BCUT2D eigenvalue weighted by atomic mass is 33.1. The fourth-order valence-electron chi connectivity index (χ4n) is 10.5. The number of nitrogens with zero attached hydrogens (tertiary/aromatic N) is 16. The lowest BCUT2D eigenvalue weighted by Gasteiger charge is -2.34. The van der Waals surface area contributed by atoms with Crippen LogP contribution in [0.2, 0.25) is 0 Å². The molecule has 5 aromatic heterocycles. The van der Waals surface area contributed by atoms with Crippen LogP contribution >= 0.6 is 43.2 Å². The molecule has 4 aliphatic heterocycles. The molecular formula is C61H78FN21O11S4. The van der Waals surface area contributed by atoms with E-state index >= 15 is 0 Å². The second-order valence-electron chi connectivity index (χ2n) is 21.2. The van der Waals surface area contributed by atoms with Crippen LogP contribution in [-0.4, -0.2) is 243 Å². The zero-order valence-electron chi connectivity index (χ0n) is 55.5. The summed E-state index contributed by atoms with van der Waals surface area (Å²) in [5.74, 6) is 4.44. The predicted molar refractivity (Wildman–Crippen MR) is 376 cm³/mol. The van der Waals surface area contributed by atoms with E-state index in [-0.39, 0.29) is 40.4 Å². The number of benzene rings is 3. The molecule has 0 unspecified atom stereocenters. The van der Waals surface area contributed by atoms with Gasteiger partial charge in [-0.2, -0.15) is 9.98 Å². The number of rotatable bonds is 23. The minimum absolute atomic E-state index is 0.0774. The van der Waals surface area contributed by atoms with E-state index in [0.29, 0.717) is 117 Å². The summed E-state index contributed by atoms with van der Waals surface area (Å²) in [4.78, 5) is 95.2. The van der Waals surface area contributed by atoms with E-state index in [1.807, 2.05) is 58.0 Å². The van der Waals surface area contributed by atoms with Crippen molar-refractivity contribution >= 4 is 124 Å². The molecule has 7 N–H and O–H groups in total. The molecule has 3 amide bonds. The smallest absolute Gasteiger partial charge is 0.491 e. The number of methoxy groups -OCH3 is 2. The lowest BCUT2D eigenvalue weighted by molar-refractivity contribution is 0.0434. The number of para-hydroxylation sites is 1. The van der Waals surface area contributed by atoms with Crippen LogP contribution in [0.4, 0.5) is 37.5 Å². The third-order valence-electron chi connectivity index (χ3n) is 15.1. The maximum atomic E-state index is 12.9. The van der Waals surface area contributed by atoms with Crippen molar-refractivity contribution in [2.24, 2.45) is 9.98 Å². The first-order chi connectivity index (χ1) is 48.3. The van der Waals surface area contributed by atoms with Gasteiger partial charge in [-0.05, 0) is 67.0 Å². The Morgan fingerprint density at radius 2 is 1.12 bits per heavy atom. The van der Waals surface area contributed by atoms with Gasteiger partial charge in [-0.15, -0.1) is 5.10 Å². The van der Waals surface area contributed by atoms with Crippen LogP contribution in [0.15, 0.2) is 83.3 Å². The van der Waals surface area contributed by atoms with Gasteiger partial charge < -0.3 is 65.6 Å². The number of halogens is 1. The van der Waals surface area contributed by atoms with Crippen molar-refractivity contribution in [1.82, 2.24) is 74.2 Å². The predicted octanol–water partition coefficient (Wildman–Crippen LogP) is 4.97. The van der Waals surface area contributed by atoms with Crippen molar-refractivity contribution < 1.29 is 58.2 Å². The van der Waals surface area contributed by atoms with Gasteiger partial charge in [0, 0.05) is 139 Å². The average Bonchev–Trinajstić information content (AvgIpc) is 1.73. The summed E-state index contributed by atoms with van der Waals surface area (Å²) in [6.45, 7) is 13.3. The van der Waals surface area contributed by atoms with E-state index in [4.69, 9.17) is 56.1 Å². The summed E-state index contributed by atoms with van der Waals surface area (Å²) in [7, 11) is 8.73. The Balaban J connectivity index is 0.000000182. The van der Waals surface area contributed by atoms with Crippen molar-refractivity contribution in [3.05, 3.63) is 95.7 Å². The third kappa shape index (κ3) is 19.6. The molecule has 0 atom stereocenters. The molecule has 8 aromatic rings. The molecule has 2 saturated heterocycles. The summed E-state index contributed by atoms with van der Waals surface area (Å²) in [6, 6.07) is 14.9. The SMILES string of the molecule is COc1c(OCCCN2CCN(C(=O)OCCSSC)CC2)ccc2c3n(c(=NC(=O)c4cnc(N)nc4)nc12)CCN3.COc1c(OCCCN2CCNCC2)ccc2c3n(c(=NC(=O)c4cnc(N)nc4)nc12)CCN3.CSSCCOC(=O)On1nnc2ccccc21.[2H]CF. The number of hydrogen-bond donors (Lipinski definition) is 5. The van der Waals surface area contributed by atoms with Crippen molar-refractivity contribution in [1.29, 1.82) is 0 Å². The topological polar surface area (TPSA) is 373 Å². The molecule has 37 heteroatoms. The first-order valence-corrected chi connectivity index (χ1v) is 36.5. The number of nitrogens with one attached hydrogen (secondary N) is 3. The number of alkyl halides is 1. The minimum atomic E-state index is -1.00. The Kier molecular flexibility index (Phi) is 27.6. The van der Waals surface area contributed by atoms with Gasteiger partial charge in [0.25, 0.3) is 11.8 Å². The highest BCUT2D eigenvalue weighted by Gasteiger charge is 2.26. The summed E-state index contributed by atoms with van der Waals surface area (Å²) < 4.78 is 53.2. The van der Waals surface area contributed by atoms with Gasteiger partial charge in [-0.3, -0.25) is 32.9 Å². The van der Waals surface area contributed by atoms with Crippen LogP contribution in [0.5, 0.6) is 23.0 Å². The van der Waals surface area contributed by atoms with Crippen LogP contribution in [0, 0.1) is 0 Å².